The first-order valence-electron chi connectivity index (χ1n) is 8.20. The third-order valence-electron chi connectivity index (χ3n) is 4.50. The van der Waals surface area contributed by atoms with E-state index >= 15 is 0 Å². The van der Waals surface area contributed by atoms with Crippen LogP contribution in [-0.2, 0) is 6.42 Å². The highest BCUT2D eigenvalue weighted by atomic mass is 16.5. The second-order valence-corrected chi connectivity index (χ2v) is 5.90. The van der Waals surface area contributed by atoms with E-state index in [9.17, 15) is 4.79 Å². The Morgan fingerprint density at radius 1 is 1.04 bits per heavy atom. The van der Waals surface area contributed by atoms with Crippen LogP contribution in [0.15, 0.2) is 48.5 Å². The average molecular weight is 320 g/mol. The van der Waals surface area contributed by atoms with Crippen LogP contribution in [0.3, 0.4) is 0 Å². The largest absolute Gasteiger partial charge is 0.497 e. The molecule has 2 aromatic carbocycles. The maximum Gasteiger partial charge on any atom is 0.211 e. The zero-order chi connectivity index (χ0) is 17.3. The minimum Gasteiger partial charge on any atom is -0.497 e. The van der Waals surface area contributed by atoms with Crippen molar-refractivity contribution in [1.29, 1.82) is 0 Å². The Balaban J connectivity index is 2.41. The van der Waals surface area contributed by atoms with Crippen molar-refractivity contribution in [1.82, 2.24) is 0 Å². The number of methoxy groups -OCH3 is 1. The van der Waals surface area contributed by atoms with Gasteiger partial charge < -0.3 is 4.74 Å². The molecule has 0 unspecified atom stereocenters. The van der Waals surface area contributed by atoms with Crippen molar-refractivity contribution < 1.29 is 14.1 Å². The van der Waals surface area contributed by atoms with Crippen molar-refractivity contribution in [2.75, 3.05) is 7.11 Å². The molecule has 0 amide bonds. The van der Waals surface area contributed by atoms with Crippen molar-refractivity contribution >= 4 is 16.6 Å². The van der Waals surface area contributed by atoms with Gasteiger partial charge in [-0.3, -0.25) is 4.79 Å². The standard InChI is InChI=1S/C21H22NO2/c1-5-20-21(15(3)23)19-9-7-6-8-18(19)14(2)22(20)16-10-12-17(24-4)13-11-16/h6-13H,5H2,1-4H3/q+1. The first kappa shape index (κ1) is 16.2. The Morgan fingerprint density at radius 2 is 1.67 bits per heavy atom. The molecular weight excluding hydrogens is 298 g/mol. The van der Waals surface area contributed by atoms with Crippen LogP contribution in [0.1, 0.15) is 35.6 Å². The van der Waals surface area contributed by atoms with Crippen molar-refractivity contribution in [3.63, 3.8) is 0 Å². The highest BCUT2D eigenvalue weighted by molar-refractivity contribution is 6.07. The number of carbonyl (C=O) groups excluding carboxylic acids is 1. The van der Waals surface area contributed by atoms with Crippen molar-refractivity contribution in [3.05, 3.63) is 65.5 Å². The summed E-state index contributed by atoms with van der Waals surface area (Å²) >= 11 is 0. The predicted octanol–water partition coefficient (Wildman–Crippen LogP) is 4.20. The van der Waals surface area contributed by atoms with Gasteiger partial charge in [-0.25, -0.2) is 0 Å². The quantitative estimate of drug-likeness (QED) is 0.533. The number of hydrogen-bond donors (Lipinski definition) is 0. The summed E-state index contributed by atoms with van der Waals surface area (Å²) in [4.78, 5) is 12.4. The van der Waals surface area contributed by atoms with Gasteiger partial charge >= 0.3 is 0 Å². The first-order chi connectivity index (χ1) is 11.6. The van der Waals surface area contributed by atoms with E-state index in [0.717, 1.165) is 45.6 Å². The molecule has 3 nitrogen and oxygen atoms in total. The fourth-order valence-corrected chi connectivity index (χ4v) is 3.42. The maximum atomic E-state index is 12.4. The lowest BCUT2D eigenvalue weighted by Crippen LogP contribution is -2.41. The third-order valence-corrected chi connectivity index (χ3v) is 4.50. The molecule has 0 N–H and O–H groups in total. The van der Waals surface area contributed by atoms with Crippen molar-refractivity contribution in [2.24, 2.45) is 0 Å². The third kappa shape index (κ3) is 2.56. The number of benzene rings is 2. The van der Waals surface area contributed by atoms with Gasteiger partial charge in [-0.1, -0.05) is 25.1 Å². The molecule has 0 saturated heterocycles. The van der Waals surface area contributed by atoms with E-state index in [1.54, 1.807) is 14.0 Å². The SMILES string of the molecule is CCc1c(C(C)=O)c2ccccc2c(C)[n+]1-c1ccc(OC)cc1. The summed E-state index contributed by atoms with van der Waals surface area (Å²) in [7, 11) is 1.66. The van der Waals surface area contributed by atoms with E-state index in [1.807, 2.05) is 42.5 Å². The number of pyridine rings is 1. The van der Waals surface area contributed by atoms with Gasteiger partial charge in [-0.2, -0.15) is 4.57 Å². The van der Waals surface area contributed by atoms with Gasteiger partial charge in [0.15, 0.2) is 17.2 Å². The van der Waals surface area contributed by atoms with Crippen LogP contribution >= 0.6 is 0 Å². The Kier molecular flexibility index (Phi) is 4.34. The Bertz CT molecular complexity index is 911. The number of aryl methyl sites for hydroxylation is 1. The van der Waals surface area contributed by atoms with Gasteiger partial charge in [0, 0.05) is 36.2 Å². The molecule has 0 spiro atoms. The number of ether oxygens (including phenoxy) is 1. The van der Waals surface area contributed by atoms with Crippen LogP contribution in [0.25, 0.3) is 16.5 Å². The Labute approximate surface area is 142 Å². The average Bonchev–Trinajstić information content (AvgIpc) is 2.61. The zero-order valence-electron chi connectivity index (χ0n) is 14.6. The summed E-state index contributed by atoms with van der Waals surface area (Å²) in [5.41, 5.74) is 4.04. The molecule has 0 radical (unpaired) electrons. The number of ketones is 1. The molecule has 24 heavy (non-hydrogen) atoms. The van der Waals surface area contributed by atoms with E-state index in [2.05, 4.69) is 24.5 Å². The fourth-order valence-electron chi connectivity index (χ4n) is 3.42. The number of rotatable bonds is 4. The minimum absolute atomic E-state index is 0.102. The van der Waals surface area contributed by atoms with Crippen LogP contribution in [0, 0.1) is 6.92 Å². The number of fused-ring (bicyclic) bond motifs is 1. The number of carbonyl (C=O) groups is 1. The molecule has 0 saturated carbocycles. The number of nitrogens with zero attached hydrogens (tertiary/aromatic N) is 1. The summed E-state index contributed by atoms with van der Waals surface area (Å²) < 4.78 is 7.45. The molecule has 1 aromatic heterocycles. The van der Waals surface area contributed by atoms with E-state index in [0.29, 0.717) is 0 Å². The molecular formula is C21H22NO2+. The summed E-state index contributed by atoms with van der Waals surface area (Å²) in [5, 5.41) is 2.14. The Hall–Kier alpha value is -2.68. The van der Waals surface area contributed by atoms with E-state index in [1.165, 1.54) is 0 Å². The molecule has 0 aliphatic carbocycles. The van der Waals surface area contributed by atoms with Gasteiger partial charge in [0.25, 0.3) is 0 Å². The maximum absolute atomic E-state index is 12.4. The molecule has 3 heteroatoms. The summed E-state index contributed by atoms with van der Waals surface area (Å²) in [5.74, 6) is 0.924. The van der Waals surface area contributed by atoms with Gasteiger partial charge in [-0.15, -0.1) is 0 Å². The minimum atomic E-state index is 0.102. The molecule has 3 rings (SSSR count). The predicted molar refractivity (Wildman–Crippen MR) is 96.2 cm³/mol. The van der Waals surface area contributed by atoms with Crippen molar-refractivity contribution in [2.45, 2.75) is 27.2 Å². The molecule has 3 aromatic rings. The van der Waals surface area contributed by atoms with Crippen LogP contribution in [-0.4, -0.2) is 12.9 Å². The van der Waals surface area contributed by atoms with Gasteiger partial charge in [0.2, 0.25) is 5.69 Å². The fraction of sp³-hybridized carbons (Fsp3) is 0.238. The van der Waals surface area contributed by atoms with Crippen molar-refractivity contribution in [3.8, 4) is 11.4 Å². The van der Waals surface area contributed by atoms with Crippen LogP contribution in [0.5, 0.6) is 5.75 Å². The number of aromatic nitrogens is 1. The lowest BCUT2D eigenvalue weighted by atomic mass is 9.97. The lowest BCUT2D eigenvalue weighted by Gasteiger charge is -2.13. The van der Waals surface area contributed by atoms with Crippen LogP contribution in [0.2, 0.25) is 0 Å². The second-order valence-electron chi connectivity index (χ2n) is 5.90. The summed E-state index contributed by atoms with van der Waals surface area (Å²) in [6, 6.07) is 16.1. The van der Waals surface area contributed by atoms with E-state index in [-0.39, 0.29) is 5.78 Å². The molecule has 0 aliphatic rings. The molecule has 0 fully saturated rings. The topological polar surface area (TPSA) is 30.2 Å². The monoisotopic (exact) mass is 320 g/mol. The smallest absolute Gasteiger partial charge is 0.211 e. The molecule has 122 valence electrons. The van der Waals surface area contributed by atoms with E-state index in [4.69, 9.17) is 4.74 Å². The normalized spacial score (nSPS) is 10.8. The van der Waals surface area contributed by atoms with Gasteiger partial charge in [-0.05, 0) is 25.1 Å². The van der Waals surface area contributed by atoms with Gasteiger partial charge in [0.05, 0.1) is 12.7 Å². The molecule has 1 heterocycles. The number of hydrogen-bond acceptors (Lipinski definition) is 2. The first-order valence-corrected chi connectivity index (χ1v) is 8.20. The number of Topliss-reactive ketones (excluding diaryl/α,β-unsaturated/α-hetero) is 1. The van der Waals surface area contributed by atoms with Crippen LogP contribution in [0.4, 0.5) is 0 Å². The van der Waals surface area contributed by atoms with Crippen LogP contribution < -0.4 is 9.30 Å². The molecule has 0 aliphatic heterocycles. The summed E-state index contributed by atoms with van der Waals surface area (Å²) in [6.07, 6.45) is 0.784. The highest BCUT2D eigenvalue weighted by Gasteiger charge is 2.26. The highest BCUT2D eigenvalue weighted by Crippen LogP contribution is 2.25. The molecule has 0 atom stereocenters. The van der Waals surface area contributed by atoms with Gasteiger partial charge in [0.1, 0.15) is 5.75 Å². The summed E-state index contributed by atoms with van der Waals surface area (Å²) in [6.45, 7) is 5.85. The molecule has 0 bridgehead atoms. The Morgan fingerprint density at radius 3 is 2.21 bits per heavy atom. The van der Waals surface area contributed by atoms with E-state index < -0.39 is 0 Å². The zero-order valence-corrected chi connectivity index (χ0v) is 14.6. The lowest BCUT2D eigenvalue weighted by molar-refractivity contribution is -0.609. The second kappa shape index (κ2) is 6.44.